The average molecular weight is 459 g/mol. The first kappa shape index (κ1) is 22.9. The molecule has 174 valence electrons. The second kappa shape index (κ2) is 10.1. The van der Waals surface area contributed by atoms with Crippen molar-refractivity contribution in [2.24, 2.45) is 0 Å². The van der Waals surface area contributed by atoms with E-state index in [0.717, 1.165) is 11.3 Å². The Hall–Kier alpha value is -4.26. The number of carbonyl (C=O) groups excluding carboxylic acids is 1. The molecule has 1 heterocycles. The summed E-state index contributed by atoms with van der Waals surface area (Å²) in [5, 5.41) is 0. The molecule has 3 aromatic carbocycles. The van der Waals surface area contributed by atoms with Crippen LogP contribution in [0.2, 0.25) is 0 Å². The molecular formula is C27H25NO6. The van der Waals surface area contributed by atoms with E-state index in [-0.39, 0.29) is 17.2 Å². The topological polar surface area (TPSA) is 80.0 Å². The molecule has 0 amide bonds. The van der Waals surface area contributed by atoms with Crippen LogP contribution >= 0.6 is 0 Å². The smallest absolute Gasteiger partial charge is 0.231 e. The number of para-hydroxylation sites is 2. The van der Waals surface area contributed by atoms with Crippen LogP contribution in [0.25, 0.3) is 22.7 Å². The van der Waals surface area contributed by atoms with Gasteiger partial charge in [-0.15, -0.1) is 0 Å². The van der Waals surface area contributed by atoms with Gasteiger partial charge in [0, 0.05) is 5.56 Å². The number of ether oxygens (including phenoxy) is 4. The van der Waals surface area contributed by atoms with Crippen molar-refractivity contribution in [1.82, 2.24) is 4.98 Å². The zero-order valence-corrected chi connectivity index (χ0v) is 19.5. The third-order valence-corrected chi connectivity index (χ3v) is 5.20. The SMILES string of the molecule is CCOc1ccc(/C=C(/C(=O)c2cc(OC)c(OC)c(OC)c2)c2nc3ccccc3o2)cc1. The molecule has 34 heavy (non-hydrogen) atoms. The lowest BCUT2D eigenvalue weighted by molar-refractivity contribution is 0.105. The molecule has 0 spiro atoms. The van der Waals surface area contributed by atoms with Crippen LogP contribution in [0.3, 0.4) is 0 Å². The maximum absolute atomic E-state index is 13.8. The number of hydrogen-bond donors (Lipinski definition) is 0. The van der Waals surface area contributed by atoms with Gasteiger partial charge < -0.3 is 23.4 Å². The van der Waals surface area contributed by atoms with E-state index in [2.05, 4.69) is 4.98 Å². The number of rotatable bonds is 9. The zero-order valence-electron chi connectivity index (χ0n) is 19.5. The van der Waals surface area contributed by atoms with E-state index in [0.29, 0.717) is 40.5 Å². The van der Waals surface area contributed by atoms with Crippen LogP contribution in [-0.4, -0.2) is 38.7 Å². The highest BCUT2D eigenvalue weighted by Gasteiger charge is 2.24. The number of carbonyl (C=O) groups is 1. The number of Topliss-reactive ketones (excluding diaryl/α,β-unsaturated/α-hetero) is 1. The van der Waals surface area contributed by atoms with Crippen molar-refractivity contribution in [2.45, 2.75) is 6.92 Å². The summed E-state index contributed by atoms with van der Waals surface area (Å²) in [7, 11) is 4.52. The number of fused-ring (bicyclic) bond motifs is 1. The van der Waals surface area contributed by atoms with Gasteiger partial charge in [0.05, 0.1) is 33.5 Å². The molecule has 0 aliphatic carbocycles. The Labute approximate surface area is 197 Å². The molecule has 0 saturated heterocycles. The van der Waals surface area contributed by atoms with E-state index < -0.39 is 0 Å². The monoisotopic (exact) mass is 459 g/mol. The number of hydrogen-bond acceptors (Lipinski definition) is 7. The number of nitrogens with zero attached hydrogens (tertiary/aromatic N) is 1. The minimum Gasteiger partial charge on any atom is -0.494 e. The maximum atomic E-state index is 13.8. The molecule has 7 nitrogen and oxygen atoms in total. The van der Waals surface area contributed by atoms with Crippen molar-refractivity contribution in [3.63, 3.8) is 0 Å². The normalized spacial score (nSPS) is 11.4. The Balaban J connectivity index is 1.84. The van der Waals surface area contributed by atoms with Gasteiger partial charge in [0.15, 0.2) is 22.9 Å². The lowest BCUT2D eigenvalue weighted by Crippen LogP contribution is -2.05. The predicted octanol–water partition coefficient (Wildman–Crippen LogP) is 5.68. The van der Waals surface area contributed by atoms with E-state index in [9.17, 15) is 4.79 Å². The second-order valence-electron chi connectivity index (χ2n) is 7.29. The molecule has 0 radical (unpaired) electrons. The Morgan fingerprint density at radius 1 is 0.941 bits per heavy atom. The van der Waals surface area contributed by atoms with Gasteiger partial charge >= 0.3 is 0 Å². The van der Waals surface area contributed by atoms with Crippen LogP contribution in [0, 0.1) is 0 Å². The highest BCUT2D eigenvalue weighted by atomic mass is 16.5. The number of aromatic nitrogens is 1. The number of allylic oxidation sites excluding steroid dienone is 1. The van der Waals surface area contributed by atoms with Gasteiger partial charge in [0.1, 0.15) is 11.3 Å². The third-order valence-electron chi connectivity index (χ3n) is 5.20. The summed E-state index contributed by atoms with van der Waals surface area (Å²) >= 11 is 0. The van der Waals surface area contributed by atoms with Crippen LogP contribution in [-0.2, 0) is 0 Å². The van der Waals surface area contributed by atoms with E-state index in [1.807, 2.05) is 55.5 Å². The predicted molar refractivity (Wildman–Crippen MR) is 130 cm³/mol. The fourth-order valence-corrected chi connectivity index (χ4v) is 3.57. The summed E-state index contributed by atoms with van der Waals surface area (Å²) in [5.41, 5.74) is 2.67. The summed E-state index contributed by atoms with van der Waals surface area (Å²) in [6, 6.07) is 18.0. The van der Waals surface area contributed by atoms with E-state index in [1.54, 1.807) is 18.2 Å². The second-order valence-corrected chi connectivity index (χ2v) is 7.29. The Morgan fingerprint density at radius 2 is 1.62 bits per heavy atom. The Kier molecular flexibility index (Phi) is 6.82. The summed E-state index contributed by atoms with van der Waals surface area (Å²) in [6.45, 7) is 2.50. The zero-order chi connectivity index (χ0) is 24.1. The van der Waals surface area contributed by atoms with Crippen molar-refractivity contribution in [1.29, 1.82) is 0 Å². The van der Waals surface area contributed by atoms with Gasteiger partial charge in [-0.25, -0.2) is 4.98 Å². The summed E-state index contributed by atoms with van der Waals surface area (Å²) in [5.74, 6) is 1.82. The van der Waals surface area contributed by atoms with E-state index in [4.69, 9.17) is 23.4 Å². The van der Waals surface area contributed by atoms with Gasteiger partial charge in [-0.05, 0) is 55.0 Å². The molecular weight excluding hydrogens is 434 g/mol. The molecule has 4 aromatic rings. The quantitative estimate of drug-likeness (QED) is 0.235. The first-order valence-electron chi connectivity index (χ1n) is 10.7. The number of benzene rings is 3. The van der Waals surface area contributed by atoms with Crippen molar-refractivity contribution in [2.75, 3.05) is 27.9 Å². The first-order chi connectivity index (χ1) is 16.6. The highest BCUT2D eigenvalue weighted by Crippen LogP contribution is 2.39. The van der Waals surface area contributed by atoms with Gasteiger partial charge in [-0.1, -0.05) is 24.3 Å². The van der Waals surface area contributed by atoms with Crippen LogP contribution in [0.1, 0.15) is 28.7 Å². The third kappa shape index (κ3) is 4.59. The van der Waals surface area contributed by atoms with Crippen molar-refractivity contribution < 1.29 is 28.2 Å². The van der Waals surface area contributed by atoms with Crippen LogP contribution in [0.5, 0.6) is 23.0 Å². The van der Waals surface area contributed by atoms with Crippen molar-refractivity contribution in [3.05, 3.63) is 77.7 Å². The van der Waals surface area contributed by atoms with Crippen molar-refractivity contribution >= 4 is 28.5 Å². The number of methoxy groups -OCH3 is 3. The van der Waals surface area contributed by atoms with Gasteiger partial charge in [0.25, 0.3) is 0 Å². The van der Waals surface area contributed by atoms with Crippen LogP contribution < -0.4 is 18.9 Å². The van der Waals surface area contributed by atoms with Gasteiger partial charge in [-0.2, -0.15) is 0 Å². The van der Waals surface area contributed by atoms with E-state index in [1.165, 1.54) is 21.3 Å². The molecule has 4 rings (SSSR count). The standard InChI is InChI=1S/C27H25NO6/c1-5-33-19-12-10-17(11-13-19)14-20(27-28-21-8-6-7-9-22(21)34-27)25(29)18-15-23(30-2)26(32-4)24(16-18)31-3/h6-16H,5H2,1-4H3/b20-14-. The number of oxazole rings is 1. The van der Waals surface area contributed by atoms with Crippen LogP contribution in [0.4, 0.5) is 0 Å². The molecule has 0 fully saturated rings. The first-order valence-corrected chi connectivity index (χ1v) is 10.7. The molecule has 1 aromatic heterocycles. The lowest BCUT2D eigenvalue weighted by Gasteiger charge is -2.14. The summed E-state index contributed by atoms with van der Waals surface area (Å²) < 4.78 is 27.7. The molecule has 0 atom stereocenters. The molecule has 0 aliphatic heterocycles. The molecule has 0 aliphatic rings. The van der Waals surface area contributed by atoms with Crippen molar-refractivity contribution in [3.8, 4) is 23.0 Å². The highest BCUT2D eigenvalue weighted by molar-refractivity contribution is 6.31. The Bertz CT molecular complexity index is 1280. The van der Waals surface area contributed by atoms with E-state index >= 15 is 0 Å². The van der Waals surface area contributed by atoms with Gasteiger partial charge in [0.2, 0.25) is 11.6 Å². The molecule has 0 unspecified atom stereocenters. The molecule has 7 heteroatoms. The minimum atomic E-state index is -0.306. The number of ketones is 1. The molecule has 0 saturated carbocycles. The summed E-state index contributed by atoms with van der Waals surface area (Å²) in [6.07, 6.45) is 1.74. The lowest BCUT2D eigenvalue weighted by atomic mass is 9.99. The fourth-order valence-electron chi connectivity index (χ4n) is 3.57. The largest absolute Gasteiger partial charge is 0.494 e. The average Bonchev–Trinajstić information content (AvgIpc) is 3.31. The summed E-state index contributed by atoms with van der Waals surface area (Å²) in [4.78, 5) is 18.3. The fraction of sp³-hybridized carbons (Fsp3) is 0.185. The Morgan fingerprint density at radius 3 is 2.21 bits per heavy atom. The molecule has 0 N–H and O–H groups in total. The van der Waals surface area contributed by atoms with Gasteiger partial charge in [-0.3, -0.25) is 4.79 Å². The van der Waals surface area contributed by atoms with Crippen LogP contribution in [0.15, 0.2) is 65.1 Å². The minimum absolute atomic E-state index is 0.217. The maximum Gasteiger partial charge on any atom is 0.231 e. The molecule has 0 bridgehead atoms.